The minimum absolute atomic E-state index is 0.417. The third-order valence-corrected chi connectivity index (χ3v) is 5.14. The maximum absolute atomic E-state index is 5.84. The van der Waals surface area contributed by atoms with E-state index in [4.69, 9.17) is 4.74 Å². The van der Waals surface area contributed by atoms with Crippen LogP contribution in [0.15, 0.2) is 0 Å². The Morgan fingerprint density at radius 3 is 2.67 bits per heavy atom. The first-order chi connectivity index (χ1) is 10.2. The Balaban J connectivity index is 1.85. The fourth-order valence-electron chi connectivity index (χ4n) is 3.98. The van der Waals surface area contributed by atoms with Crippen LogP contribution in [-0.4, -0.2) is 49.3 Å². The van der Waals surface area contributed by atoms with Crippen LogP contribution in [0.3, 0.4) is 0 Å². The Labute approximate surface area is 131 Å². The molecule has 1 saturated carbocycles. The average molecular weight is 296 g/mol. The van der Waals surface area contributed by atoms with E-state index in [-0.39, 0.29) is 0 Å². The maximum Gasteiger partial charge on any atom is 0.0593 e. The molecule has 1 heterocycles. The molecule has 0 bridgehead atoms. The van der Waals surface area contributed by atoms with Gasteiger partial charge in [-0.3, -0.25) is 4.90 Å². The highest BCUT2D eigenvalue weighted by atomic mass is 16.5. The number of rotatable bonds is 7. The van der Waals surface area contributed by atoms with Crippen molar-refractivity contribution in [2.75, 3.05) is 32.8 Å². The van der Waals surface area contributed by atoms with Crippen LogP contribution in [-0.2, 0) is 4.74 Å². The third kappa shape index (κ3) is 5.22. The second-order valence-electron chi connectivity index (χ2n) is 7.60. The summed E-state index contributed by atoms with van der Waals surface area (Å²) in [6.07, 6.45) is 9.58. The summed E-state index contributed by atoms with van der Waals surface area (Å²) in [5.41, 5.74) is 0.417. The lowest BCUT2D eigenvalue weighted by Crippen LogP contribution is -2.65. The van der Waals surface area contributed by atoms with E-state index in [1.807, 2.05) is 0 Å². The molecular weight excluding hydrogens is 260 g/mol. The largest absolute Gasteiger partial charge is 0.380 e. The van der Waals surface area contributed by atoms with Crippen LogP contribution in [0, 0.1) is 5.92 Å². The Morgan fingerprint density at radius 1 is 1.24 bits per heavy atom. The summed E-state index contributed by atoms with van der Waals surface area (Å²) in [6, 6.07) is 0.713. The van der Waals surface area contributed by atoms with E-state index in [0.29, 0.717) is 17.5 Å². The van der Waals surface area contributed by atoms with E-state index in [9.17, 15) is 0 Å². The van der Waals surface area contributed by atoms with Crippen molar-refractivity contribution in [3.8, 4) is 0 Å². The van der Waals surface area contributed by atoms with Crippen molar-refractivity contribution in [1.29, 1.82) is 0 Å². The summed E-state index contributed by atoms with van der Waals surface area (Å²) >= 11 is 0. The van der Waals surface area contributed by atoms with Crippen LogP contribution in [0.2, 0.25) is 0 Å². The lowest BCUT2D eigenvalue weighted by molar-refractivity contribution is 0.0200. The highest BCUT2D eigenvalue weighted by Gasteiger charge is 2.39. The molecule has 124 valence electrons. The van der Waals surface area contributed by atoms with Gasteiger partial charge in [-0.05, 0) is 25.2 Å². The highest BCUT2D eigenvalue weighted by molar-refractivity contribution is 4.99. The molecule has 21 heavy (non-hydrogen) atoms. The first-order valence-corrected chi connectivity index (χ1v) is 9.22. The van der Waals surface area contributed by atoms with E-state index < -0.39 is 0 Å². The molecule has 2 fully saturated rings. The number of nitrogens with zero attached hydrogens (tertiary/aromatic N) is 1. The predicted octanol–water partition coefficient (Wildman–Crippen LogP) is 3.44. The fraction of sp³-hybridized carbons (Fsp3) is 1.00. The standard InChI is InChI=1S/C18H36N2O/c1-4-8-17-13-19-18(9-6-5-7-10-18)15-20(17)11-12-21-14-16(2)3/h16-17,19H,4-15H2,1-3H3. The molecule has 0 radical (unpaired) electrons. The predicted molar refractivity (Wildman–Crippen MR) is 89.7 cm³/mol. The second kappa shape index (κ2) is 8.50. The van der Waals surface area contributed by atoms with Crippen LogP contribution < -0.4 is 5.32 Å². The monoisotopic (exact) mass is 296 g/mol. The molecular formula is C18H36N2O. The molecule has 2 rings (SSSR count). The quantitative estimate of drug-likeness (QED) is 0.728. The Morgan fingerprint density at radius 2 is 2.00 bits per heavy atom. The van der Waals surface area contributed by atoms with Crippen molar-refractivity contribution in [3.63, 3.8) is 0 Å². The highest BCUT2D eigenvalue weighted by Crippen LogP contribution is 2.32. The van der Waals surface area contributed by atoms with Gasteiger partial charge in [0.1, 0.15) is 0 Å². The number of hydrogen-bond acceptors (Lipinski definition) is 3. The van der Waals surface area contributed by atoms with E-state index in [2.05, 4.69) is 31.0 Å². The fourth-order valence-corrected chi connectivity index (χ4v) is 3.98. The van der Waals surface area contributed by atoms with Gasteiger partial charge in [-0.2, -0.15) is 0 Å². The summed E-state index contributed by atoms with van der Waals surface area (Å²) in [6.45, 7) is 12.1. The van der Waals surface area contributed by atoms with Crippen LogP contribution >= 0.6 is 0 Å². The van der Waals surface area contributed by atoms with Gasteiger partial charge in [-0.15, -0.1) is 0 Å². The minimum Gasteiger partial charge on any atom is -0.380 e. The zero-order valence-electron chi connectivity index (χ0n) is 14.5. The molecule has 1 aliphatic heterocycles. The molecule has 0 aromatic heterocycles. The molecule has 1 N–H and O–H groups in total. The first kappa shape index (κ1) is 17.2. The summed E-state index contributed by atoms with van der Waals surface area (Å²) in [5, 5.41) is 3.93. The molecule has 3 heteroatoms. The van der Waals surface area contributed by atoms with Gasteiger partial charge in [-0.25, -0.2) is 0 Å². The van der Waals surface area contributed by atoms with Gasteiger partial charge < -0.3 is 10.1 Å². The van der Waals surface area contributed by atoms with Crippen molar-refractivity contribution in [2.45, 2.75) is 77.3 Å². The zero-order chi connectivity index (χ0) is 15.1. The smallest absolute Gasteiger partial charge is 0.0593 e. The average Bonchev–Trinajstić information content (AvgIpc) is 2.47. The topological polar surface area (TPSA) is 24.5 Å². The first-order valence-electron chi connectivity index (χ1n) is 9.22. The van der Waals surface area contributed by atoms with Gasteiger partial charge >= 0.3 is 0 Å². The molecule has 0 aromatic carbocycles. The molecule has 0 amide bonds. The number of ether oxygens (including phenoxy) is 1. The number of piperazine rings is 1. The van der Waals surface area contributed by atoms with Gasteiger partial charge in [0, 0.05) is 37.8 Å². The Bertz CT molecular complexity index is 287. The normalized spacial score (nSPS) is 26.6. The number of nitrogens with one attached hydrogen (secondary N) is 1. The van der Waals surface area contributed by atoms with E-state index in [1.165, 1.54) is 58.0 Å². The second-order valence-corrected chi connectivity index (χ2v) is 7.60. The van der Waals surface area contributed by atoms with Gasteiger partial charge in [-0.1, -0.05) is 46.5 Å². The van der Waals surface area contributed by atoms with E-state index >= 15 is 0 Å². The molecule has 1 aliphatic carbocycles. The van der Waals surface area contributed by atoms with Crippen molar-refractivity contribution < 1.29 is 4.74 Å². The molecule has 1 atom stereocenters. The van der Waals surface area contributed by atoms with Crippen molar-refractivity contribution >= 4 is 0 Å². The van der Waals surface area contributed by atoms with Crippen LogP contribution in [0.4, 0.5) is 0 Å². The lowest BCUT2D eigenvalue weighted by atomic mass is 9.79. The summed E-state index contributed by atoms with van der Waals surface area (Å²) in [5.74, 6) is 0.643. The molecule has 1 unspecified atom stereocenters. The van der Waals surface area contributed by atoms with Crippen molar-refractivity contribution in [2.24, 2.45) is 5.92 Å². The van der Waals surface area contributed by atoms with Crippen LogP contribution in [0.5, 0.6) is 0 Å². The maximum atomic E-state index is 5.84. The zero-order valence-corrected chi connectivity index (χ0v) is 14.5. The van der Waals surface area contributed by atoms with Gasteiger partial charge in [0.15, 0.2) is 0 Å². The molecule has 3 nitrogen and oxygen atoms in total. The summed E-state index contributed by atoms with van der Waals surface area (Å²) < 4.78 is 5.84. The van der Waals surface area contributed by atoms with Gasteiger partial charge in [0.2, 0.25) is 0 Å². The molecule has 0 aromatic rings. The summed E-state index contributed by atoms with van der Waals surface area (Å²) in [7, 11) is 0. The summed E-state index contributed by atoms with van der Waals surface area (Å²) in [4.78, 5) is 2.73. The van der Waals surface area contributed by atoms with Crippen molar-refractivity contribution in [1.82, 2.24) is 10.2 Å². The lowest BCUT2D eigenvalue weighted by Gasteiger charge is -2.50. The van der Waals surface area contributed by atoms with Gasteiger partial charge in [0.05, 0.1) is 6.61 Å². The number of hydrogen-bond donors (Lipinski definition) is 1. The molecule has 1 spiro atoms. The van der Waals surface area contributed by atoms with Gasteiger partial charge in [0.25, 0.3) is 0 Å². The Hall–Kier alpha value is -0.120. The van der Waals surface area contributed by atoms with Crippen LogP contribution in [0.25, 0.3) is 0 Å². The van der Waals surface area contributed by atoms with Crippen LogP contribution in [0.1, 0.15) is 65.7 Å². The minimum atomic E-state index is 0.417. The van der Waals surface area contributed by atoms with E-state index in [0.717, 1.165) is 19.8 Å². The Kier molecular flexibility index (Phi) is 6.97. The van der Waals surface area contributed by atoms with E-state index in [1.54, 1.807) is 0 Å². The SMILES string of the molecule is CCCC1CNC2(CCCCC2)CN1CCOCC(C)C. The molecule has 1 saturated heterocycles. The molecule has 2 aliphatic rings. The third-order valence-electron chi connectivity index (χ3n) is 5.14. The van der Waals surface area contributed by atoms with Crippen molar-refractivity contribution in [3.05, 3.63) is 0 Å².